The first kappa shape index (κ1) is 18.7. The van der Waals surface area contributed by atoms with E-state index in [-0.39, 0.29) is 18.6 Å². The van der Waals surface area contributed by atoms with Crippen LogP contribution in [0.1, 0.15) is 40.2 Å². The second-order valence-corrected chi connectivity index (χ2v) is 6.97. The smallest absolute Gasteiger partial charge is 0.276 e. The fraction of sp³-hybridized carbons (Fsp3) is 0.474. The number of methoxy groups -OCH3 is 1. The quantitative estimate of drug-likeness (QED) is 0.792. The number of benzene rings is 1. The Morgan fingerprint density at radius 2 is 2.08 bits per heavy atom. The third-order valence-corrected chi connectivity index (χ3v) is 5.16. The summed E-state index contributed by atoms with van der Waals surface area (Å²) in [6.45, 7) is 5.35. The van der Waals surface area contributed by atoms with Crippen molar-refractivity contribution in [3.05, 3.63) is 45.8 Å². The summed E-state index contributed by atoms with van der Waals surface area (Å²) >= 11 is 6.16. The highest BCUT2D eigenvalue weighted by atomic mass is 35.5. The summed E-state index contributed by atoms with van der Waals surface area (Å²) in [4.78, 5) is 14.3. The number of aryl methyl sites for hydroxylation is 2. The number of hydrogen-bond donors (Lipinski definition) is 0. The van der Waals surface area contributed by atoms with Crippen LogP contribution < -0.4 is 4.74 Å². The van der Waals surface area contributed by atoms with Crippen LogP contribution in [-0.4, -0.2) is 42.3 Å². The van der Waals surface area contributed by atoms with E-state index in [0.717, 1.165) is 29.0 Å². The Hall–Kier alpha value is -2.05. The van der Waals surface area contributed by atoms with Crippen LogP contribution in [0, 0.1) is 13.8 Å². The first-order valence-corrected chi connectivity index (χ1v) is 9.03. The molecule has 6 nitrogen and oxygen atoms in total. The topological polar surface area (TPSA) is 64.8 Å². The SMILES string of the molecule is CO[C@H]1CCCN(C(=O)c2cc(COc3cc(C)c(Cl)c(C)c3)on2)C1. The minimum Gasteiger partial charge on any atom is -0.486 e. The molecule has 1 fully saturated rings. The van der Waals surface area contributed by atoms with Gasteiger partial charge in [-0.25, -0.2) is 0 Å². The fourth-order valence-electron chi connectivity index (χ4n) is 3.10. The molecule has 1 aromatic heterocycles. The van der Waals surface area contributed by atoms with Gasteiger partial charge in [0.1, 0.15) is 12.4 Å². The maximum atomic E-state index is 12.6. The molecule has 2 heterocycles. The van der Waals surface area contributed by atoms with E-state index in [0.29, 0.717) is 30.3 Å². The third kappa shape index (κ3) is 4.19. The molecule has 1 amide bonds. The van der Waals surface area contributed by atoms with Gasteiger partial charge in [0.05, 0.1) is 6.10 Å². The largest absolute Gasteiger partial charge is 0.486 e. The van der Waals surface area contributed by atoms with Gasteiger partial charge in [-0.05, 0) is 49.9 Å². The van der Waals surface area contributed by atoms with Gasteiger partial charge >= 0.3 is 0 Å². The van der Waals surface area contributed by atoms with Gasteiger partial charge in [0.25, 0.3) is 5.91 Å². The van der Waals surface area contributed by atoms with E-state index in [2.05, 4.69) is 5.16 Å². The predicted molar refractivity (Wildman–Crippen MR) is 97.7 cm³/mol. The summed E-state index contributed by atoms with van der Waals surface area (Å²) in [5.41, 5.74) is 2.20. The van der Waals surface area contributed by atoms with E-state index < -0.39 is 0 Å². The maximum Gasteiger partial charge on any atom is 0.276 e. The van der Waals surface area contributed by atoms with Crippen LogP contribution in [0.2, 0.25) is 5.02 Å². The standard InChI is InChI=1S/C19H23ClN2O4/c1-12-7-15(8-13(2)18(12)20)25-11-16-9-17(21-26-16)19(23)22-6-4-5-14(10-22)24-3/h7-9,14H,4-6,10-11H2,1-3H3/t14-/m0/s1. The first-order valence-electron chi connectivity index (χ1n) is 8.65. The van der Waals surface area contributed by atoms with E-state index in [9.17, 15) is 4.79 Å². The van der Waals surface area contributed by atoms with Gasteiger partial charge in [-0.3, -0.25) is 4.79 Å². The highest BCUT2D eigenvalue weighted by Crippen LogP contribution is 2.26. The molecule has 1 atom stereocenters. The molecule has 140 valence electrons. The molecular formula is C19H23ClN2O4. The molecular weight excluding hydrogens is 356 g/mol. The zero-order valence-electron chi connectivity index (χ0n) is 15.3. The predicted octanol–water partition coefficient (Wildman–Crippen LogP) is 3.77. The van der Waals surface area contributed by atoms with Crippen molar-refractivity contribution in [3.8, 4) is 5.75 Å². The monoisotopic (exact) mass is 378 g/mol. The van der Waals surface area contributed by atoms with E-state index in [1.54, 1.807) is 18.1 Å². The lowest BCUT2D eigenvalue weighted by atomic mass is 10.1. The number of likely N-dealkylation sites (tertiary alicyclic amines) is 1. The average molecular weight is 379 g/mol. The molecule has 1 aliphatic heterocycles. The van der Waals surface area contributed by atoms with Crippen molar-refractivity contribution in [2.24, 2.45) is 0 Å². The van der Waals surface area contributed by atoms with Crippen LogP contribution in [-0.2, 0) is 11.3 Å². The number of halogens is 1. The van der Waals surface area contributed by atoms with Crippen molar-refractivity contribution >= 4 is 17.5 Å². The van der Waals surface area contributed by atoms with Gasteiger partial charge in [-0.1, -0.05) is 16.8 Å². The molecule has 1 saturated heterocycles. The molecule has 0 N–H and O–H groups in total. The Labute approximate surface area is 158 Å². The van der Waals surface area contributed by atoms with Gasteiger partial charge in [-0.2, -0.15) is 0 Å². The number of rotatable bonds is 5. The summed E-state index contributed by atoms with van der Waals surface area (Å²) in [6.07, 6.45) is 1.98. The van der Waals surface area contributed by atoms with Crippen LogP contribution in [0.5, 0.6) is 5.75 Å². The lowest BCUT2D eigenvalue weighted by Gasteiger charge is -2.31. The van der Waals surface area contributed by atoms with Crippen LogP contribution in [0.4, 0.5) is 0 Å². The lowest BCUT2D eigenvalue weighted by molar-refractivity contribution is 0.0263. The number of piperidine rings is 1. The van der Waals surface area contributed by atoms with E-state index in [1.807, 2.05) is 26.0 Å². The first-order chi connectivity index (χ1) is 12.5. The summed E-state index contributed by atoms with van der Waals surface area (Å²) in [5, 5.41) is 4.63. The normalized spacial score (nSPS) is 17.4. The van der Waals surface area contributed by atoms with E-state index >= 15 is 0 Å². The zero-order valence-corrected chi connectivity index (χ0v) is 16.0. The Balaban J connectivity index is 1.62. The van der Waals surface area contributed by atoms with Gasteiger partial charge in [0.15, 0.2) is 11.5 Å². The lowest BCUT2D eigenvalue weighted by Crippen LogP contribution is -2.43. The number of ether oxygens (including phenoxy) is 2. The Morgan fingerprint density at radius 1 is 1.35 bits per heavy atom. The van der Waals surface area contributed by atoms with Crippen LogP contribution >= 0.6 is 11.6 Å². The van der Waals surface area contributed by atoms with Gasteiger partial charge in [-0.15, -0.1) is 0 Å². The molecule has 0 radical (unpaired) electrons. The number of carbonyl (C=O) groups excluding carboxylic acids is 1. The molecule has 0 aliphatic carbocycles. The van der Waals surface area contributed by atoms with E-state index in [1.165, 1.54) is 0 Å². The second-order valence-electron chi connectivity index (χ2n) is 6.59. The summed E-state index contributed by atoms with van der Waals surface area (Å²) in [7, 11) is 1.67. The molecule has 2 aromatic rings. The molecule has 3 rings (SSSR count). The highest BCUT2D eigenvalue weighted by Gasteiger charge is 2.26. The highest BCUT2D eigenvalue weighted by molar-refractivity contribution is 6.32. The average Bonchev–Trinajstić information content (AvgIpc) is 3.12. The second kappa shape index (κ2) is 8.10. The fourth-order valence-corrected chi connectivity index (χ4v) is 3.21. The van der Waals surface area contributed by atoms with E-state index in [4.69, 9.17) is 25.6 Å². The minimum absolute atomic E-state index is 0.0822. The molecule has 0 unspecified atom stereocenters. The number of amides is 1. The molecule has 0 bridgehead atoms. The van der Waals surface area contributed by atoms with Crippen LogP contribution in [0.3, 0.4) is 0 Å². The summed E-state index contributed by atoms with van der Waals surface area (Å²) < 4.78 is 16.4. The van der Waals surface area contributed by atoms with Crippen molar-refractivity contribution in [2.75, 3.05) is 20.2 Å². The number of aromatic nitrogens is 1. The number of nitrogens with zero attached hydrogens (tertiary/aromatic N) is 2. The summed E-state index contributed by atoms with van der Waals surface area (Å²) in [6, 6.07) is 5.38. The minimum atomic E-state index is -0.139. The van der Waals surface area contributed by atoms with Crippen molar-refractivity contribution in [2.45, 2.75) is 39.4 Å². The summed E-state index contributed by atoms with van der Waals surface area (Å²) in [5.74, 6) is 1.06. The molecule has 0 saturated carbocycles. The van der Waals surface area contributed by atoms with Crippen LogP contribution in [0.15, 0.2) is 22.7 Å². The molecule has 1 aromatic carbocycles. The van der Waals surface area contributed by atoms with Crippen molar-refractivity contribution in [1.29, 1.82) is 0 Å². The maximum absolute atomic E-state index is 12.6. The third-order valence-electron chi connectivity index (χ3n) is 4.57. The molecule has 26 heavy (non-hydrogen) atoms. The number of hydrogen-bond acceptors (Lipinski definition) is 5. The Bertz CT molecular complexity index is 767. The van der Waals surface area contributed by atoms with Gasteiger partial charge in [0, 0.05) is 31.3 Å². The Kier molecular flexibility index (Phi) is 5.84. The molecule has 7 heteroatoms. The van der Waals surface area contributed by atoms with Gasteiger partial charge in [0.2, 0.25) is 0 Å². The number of carbonyl (C=O) groups is 1. The van der Waals surface area contributed by atoms with Crippen molar-refractivity contribution < 1.29 is 18.8 Å². The van der Waals surface area contributed by atoms with Gasteiger partial charge < -0.3 is 18.9 Å². The molecule has 0 spiro atoms. The van der Waals surface area contributed by atoms with Crippen molar-refractivity contribution in [3.63, 3.8) is 0 Å². The van der Waals surface area contributed by atoms with Crippen LogP contribution in [0.25, 0.3) is 0 Å². The molecule has 1 aliphatic rings. The van der Waals surface area contributed by atoms with Crippen molar-refractivity contribution in [1.82, 2.24) is 10.1 Å². The Morgan fingerprint density at radius 3 is 2.77 bits per heavy atom. The zero-order chi connectivity index (χ0) is 18.7.